The molecule has 0 N–H and O–H groups in total. The number of rotatable bonds is 7. The molecule has 0 aliphatic rings. The summed E-state index contributed by atoms with van der Waals surface area (Å²) in [4.78, 5) is 15.0. The van der Waals surface area contributed by atoms with E-state index in [-0.39, 0.29) is 0 Å². The minimum absolute atomic E-state index is 0.609. The van der Waals surface area contributed by atoms with E-state index in [0.29, 0.717) is 17.5 Å². The van der Waals surface area contributed by atoms with Gasteiger partial charge < -0.3 is 13.4 Å². The molecule has 0 amide bonds. The van der Waals surface area contributed by atoms with E-state index in [1.807, 2.05) is 60.7 Å². The van der Waals surface area contributed by atoms with Gasteiger partial charge in [0.1, 0.15) is 16.7 Å². The summed E-state index contributed by atoms with van der Waals surface area (Å²) in [5, 5.41) is 6.61. The monoisotopic (exact) mass is 882 g/mol. The topological polar surface area (TPSA) is 69.9 Å². The van der Waals surface area contributed by atoms with Crippen LogP contribution in [0.5, 0.6) is 0 Å². The van der Waals surface area contributed by atoms with Gasteiger partial charge in [-0.05, 0) is 76.3 Å². The molecule has 14 rings (SSSR count). The van der Waals surface area contributed by atoms with E-state index < -0.39 is 0 Å². The summed E-state index contributed by atoms with van der Waals surface area (Å²) in [6.45, 7) is 0. The quantitative estimate of drug-likeness (QED) is 0.159. The van der Waals surface area contributed by atoms with Crippen LogP contribution in [0.3, 0.4) is 0 Å². The average molecular weight is 883 g/mol. The molecule has 0 unspecified atom stereocenters. The van der Waals surface area contributed by atoms with Gasteiger partial charge in [-0.25, -0.2) is 15.0 Å². The van der Waals surface area contributed by atoms with Crippen LogP contribution in [0.25, 0.3) is 139 Å². The number of hydrogen-bond donors (Lipinski definition) is 0. The van der Waals surface area contributed by atoms with Crippen molar-refractivity contribution in [3.05, 3.63) is 231 Å². The van der Waals surface area contributed by atoms with E-state index in [2.05, 4.69) is 174 Å². The van der Waals surface area contributed by atoms with Crippen molar-refractivity contribution in [2.75, 3.05) is 0 Å². The Labute approximate surface area is 396 Å². The minimum Gasteiger partial charge on any atom is -0.455 e. The van der Waals surface area contributed by atoms with Crippen LogP contribution in [0, 0.1) is 0 Å². The molecule has 14 aromatic rings. The van der Waals surface area contributed by atoms with Crippen molar-refractivity contribution in [3.63, 3.8) is 0 Å². The number of aromatic nitrogens is 4. The normalized spacial score (nSPS) is 11.8. The first-order chi connectivity index (χ1) is 34.2. The van der Waals surface area contributed by atoms with E-state index in [0.717, 1.165) is 99.5 Å². The molecule has 0 saturated carbocycles. The molecule has 0 fully saturated rings. The van der Waals surface area contributed by atoms with E-state index >= 15 is 0 Å². The standard InChI is InChI=1S/C63H38N4O2/c1-4-16-39(17-5-1)42-32-34-54-51(37-42)48-24-10-11-29-53(48)67(54)55-30-14-27-49-52-38-44(33-35-56(52)68-60(49)55)47-26-13-28-50-58-46(25-15-31-57(58)69-59(47)50)43-22-12-23-45(36-43)63-65-61(40-18-6-2-7-19-40)64-62(66-63)41-20-8-3-9-21-41/h1-38H. The second-order valence-corrected chi connectivity index (χ2v) is 17.5. The molecule has 0 bridgehead atoms. The summed E-state index contributed by atoms with van der Waals surface area (Å²) in [5.74, 6) is 1.87. The fraction of sp³-hybridized carbons (Fsp3) is 0. The molecule has 10 aromatic carbocycles. The van der Waals surface area contributed by atoms with Gasteiger partial charge in [-0.2, -0.15) is 0 Å². The lowest BCUT2D eigenvalue weighted by Gasteiger charge is -2.10. The molecule has 4 aromatic heterocycles. The number of nitrogens with zero attached hydrogens (tertiary/aromatic N) is 4. The molecule has 0 aliphatic carbocycles. The highest BCUT2D eigenvalue weighted by atomic mass is 16.3. The predicted molar refractivity (Wildman–Crippen MR) is 281 cm³/mol. The second-order valence-electron chi connectivity index (χ2n) is 17.5. The van der Waals surface area contributed by atoms with Crippen molar-refractivity contribution in [2.24, 2.45) is 0 Å². The fourth-order valence-electron chi connectivity index (χ4n) is 10.2. The predicted octanol–water partition coefficient (Wildman–Crippen LogP) is 16.8. The fourth-order valence-corrected chi connectivity index (χ4v) is 10.2. The summed E-state index contributed by atoms with van der Waals surface area (Å²) in [5.41, 5.74) is 15.9. The number of fused-ring (bicyclic) bond motifs is 9. The van der Waals surface area contributed by atoms with Crippen molar-refractivity contribution in [1.29, 1.82) is 0 Å². The van der Waals surface area contributed by atoms with Crippen LogP contribution in [-0.4, -0.2) is 19.5 Å². The Hall–Kier alpha value is -9.39. The van der Waals surface area contributed by atoms with Crippen LogP contribution in [0.1, 0.15) is 0 Å². The molecule has 6 nitrogen and oxygen atoms in total. The maximum atomic E-state index is 6.85. The van der Waals surface area contributed by atoms with E-state index in [4.69, 9.17) is 23.8 Å². The van der Waals surface area contributed by atoms with Gasteiger partial charge in [0, 0.05) is 54.6 Å². The summed E-state index contributed by atoms with van der Waals surface area (Å²) in [6.07, 6.45) is 0. The summed E-state index contributed by atoms with van der Waals surface area (Å²) in [6, 6.07) is 80.3. The van der Waals surface area contributed by atoms with Crippen LogP contribution in [-0.2, 0) is 0 Å². The van der Waals surface area contributed by atoms with Crippen LogP contribution < -0.4 is 0 Å². The lowest BCUT2D eigenvalue weighted by molar-refractivity contribution is 0.666. The average Bonchev–Trinajstić information content (AvgIpc) is 4.11. The molecule has 322 valence electrons. The van der Waals surface area contributed by atoms with Crippen LogP contribution >= 0.6 is 0 Å². The van der Waals surface area contributed by atoms with Crippen LogP contribution in [0.15, 0.2) is 239 Å². The van der Waals surface area contributed by atoms with Gasteiger partial charge in [0.2, 0.25) is 0 Å². The van der Waals surface area contributed by atoms with Gasteiger partial charge in [-0.15, -0.1) is 0 Å². The number of para-hydroxylation sites is 3. The SMILES string of the molecule is c1ccc(-c2ccc3c(c2)c2ccccc2n3-c2cccc3c2oc2ccc(-c4cccc5c4oc4cccc(-c6cccc(-c7nc(-c8ccccc8)nc(-c8ccccc8)n7)c6)c45)cc23)cc1. The maximum absolute atomic E-state index is 6.85. The van der Waals surface area contributed by atoms with Crippen molar-refractivity contribution in [2.45, 2.75) is 0 Å². The third-order valence-corrected chi connectivity index (χ3v) is 13.5. The number of hydrogen-bond acceptors (Lipinski definition) is 5. The van der Waals surface area contributed by atoms with E-state index in [9.17, 15) is 0 Å². The van der Waals surface area contributed by atoms with Gasteiger partial charge in [-0.3, -0.25) is 0 Å². The molecule has 0 aliphatic heterocycles. The maximum Gasteiger partial charge on any atom is 0.164 e. The molecular weight excluding hydrogens is 845 g/mol. The first-order valence-corrected chi connectivity index (χ1v) is 23.2. The highest BCUT2D eigenvalue weighted by molar-refractivity contribution is 6.17. The molecule has 0 atom stereocenters. The highest BCUT2D eigenvalue weighted by Crippen LogP contribution is 2.44. The molecule has 0 saturated heterocycles. The molecule has 0 radical (unpaired) electrons. The Morgan fingerprint density at radius 1 is 0.290 bits per heavy atom. The Balaban J connectivity index is 0.875. The zero-order valence-electron chi connectivity index (χ0n) is 37.0. The van der Waals surface area contributed by atoms with Crippen molar-refractivity contribution < 1.29 is 8.83 Å². The second kappa shape index (κ2) is 15.6. The largest absolute Gasteiger partial charge is 0.455 e. The van der Waals surface area contributed by atoms with Crippen molar-refractivity contribution in [3.8, 4) is 73.2 Å². The minimum atomic E-state index is 0.609. The molecular formula is C63H38N4O2. The Bertz CT molecular complexity index is 4250. The smallest absolute Gasteiger partial charge is 0.164 e. The summed E-state index contributed by atoms with van der Waals surface area (Å²) >= 11 is 0. The Morgan fingerprint density at radius 3 is 1.61 bits per heavy atom. The van der Waals surface area contributed by atoms with Gasteiger partial charge in [0.15, 0.2) is 23.1 Å². The van der Waals surface area contributed by atoms with Crippen LogP contribution in [0.4, 0.5) is 0 Å². The van der Waals surface area contributed by atoms with Gasteiger partial charge >= 0.3 is 0 Å². The third kappa shape index (κ3) is 6.38. The van der Waals surface area contributed by atoms with Crippen molar-refractivity contribution in [1.82, 2.24) is 19.5 Å². The molecule has 4 heterocycles. The van der Waals surface area contributed by atoms with E-state index in [1.54, 1.807) is 0 Å². The first-order valence-electron chi connectivity index (χ1n) is 23.2. The van der Waals surface area contributed by atoms with Crippen molar-refractivity contribution >= 4 is 65.7 Å². The first kappa shape index (κ1) is 38.8. The zero-order valence-corrected chi connectivity index (χ0v) is 37.0. The molecule has 0 spiro atoms. The highest BCUT2D eigenvalue weighted by Gasteiger charge is 2.21. The lowest BCUT2D eigenvalue weighted by atomic mass is 9.96. The van der Waals surface area contributed by atoms with Crippen LogP contribution in [0.2, 0.25) is 0 Å². The van der Waals surface area contributed by atoms with Gasteiger partial charge in [0.25, 0.3) is 0 Å². The summed E-state index contributed by atoms with van der Waals surface area (Å²) in [7, 11) is 0. The summed E-state index contributed by atoms with van der Waals surface area (Å²) < 4.78 is 16.0. The van der Waals surface area contributed by atoms with Gasteiger partial charge in [-0.1, -0.05) is 182 Å². The molecule has 69 heavy (non-hydrogen) atoms. The Morgan fingerprint density at radius 2 is 0.826 bits per heavy atom. The zero-order chi connectivity index (χ0) is 45.4. The Kier molecular flexibility index (Phi) is 8.79. The molecule has 6 heteroatoms. The third-order valence-electron chi connectivity index (χ3n) is 13.5. The lowest BCUT2D eigenvalue weighted by Crippen LogP contribution is -2.00. The number of furan rings is 2. The number of benzene rings is 10. The van der Waals surface area contributed by atoms with E-state index in [1.165, 1.54) is 21.9 Å². The van der Waals surface area contributed by atoms with Gasteiger partial charge in [0.05, 0.1) is 16.7 Å².